The molecule has 1 heterocycles. The molecule has 9 heteroatoms. The molecule has 0 atom stereocenters. The maximum Gasteiger partial charge on any atom is 0.261 e. The van der Waals surface area contributed by atoms with Crippen molar-refractivity contribution in [2.45, 2.75) is 17.9 Å². The Morgan fingerprint density at radius 3 is 2.19 bits per heavy atom. The zero-order chi connectivity index (χ0) is 22.1. The summed E-state index contributed by atoms with van der Waals surface area (Å²) < 4.78 is 27.1. The van der Waals surface area contributed by atoms with Crippen LogP contribution in [0.4, 0.5) is 5.69 Å². The molecule has 0 spiro atoms. The lowest BCUT2D eigenvalue weighted by Crippen LogP contribution is -2.30. The second-order valence-corrected chi connectivity index (χ2v) is 8.32. The molecule has 3 N–H and O–H groups in total. The number of carbonyl (C=O) groups excluding carboxylic acids is 2. The fraction of sp³-hybridized carbons (Fsp3) is 0.136. The van der Waals surface area contributed by atoms with Crippen LogP contribution in [0.5, 0.6) is 0 Å². The van der Waals surface area contributed by atoms with Crippen LogP contribution in [0.15, 0.2) is 84.0 Å². The third kappa shape index (κ3) is 6.65. The molecule has 1 aromatic heterocycles. The molecular weight excluding hydrogens is 416 g/mol. The van der Waals surface area contributed by atoms with Crippen molar-refractivity contribution in [3.8, 4) is 0 Å². The highest BCUT2D eigenvalue weighted by Gasteiger charge is 2.14. The van der Waals surface area contributed by atoms with Gasteiger partial charge in [-0.2, -0.15) is 0 Å². The van der Waals surface area contributed by atoms with E-state index in [1.165, 1.54) is 36.4 Å². The Morgan fingerprint density at radius 1 is 0.839 bits per heavy atom. The maximum atomic E-state index is 12.3. The first-order valence-electron chi connectivity index (χ1n) is 9.56. The van der Waals surface area contributed by atoms with Crippen LogP contribution in [0.1, 0.15) is 22.3 Å². The molecule has 0 aliphatic heterocycles. The van der Waals surface area contributed by atoms with Crippen LogP contribution in [0, 0.1) is 0 Å². The molecule has 2 amide bonds. The lowest BCUT2D eigenvalue weighted by Gasteiger charge is -2.09. The number of amides is 2. The summed E-state index contributed by atoms with van der Waals surface area (Å²) in [7, 11) is -3.69. The van der Waals surface area contributed by atoms with Crippen LogP contribution < -0.4 is 15.4 Å². The Labute approximate surface area is 180 Å². The van der Waals surface area contributed by atoms with E-state index in [1.54, 1.807) is 30.6 Å². The van der Waals surface area contributed by atoms with Gasteiger partial charge in [-0.3, -0.25) is 19.3 Å². The number of hydrogen-bond acceptors (Lipinski definition) is 5. The van der Waals surface area contributed by atoms with E-state index in [4.69, 9.17) is 0 Å². The highest BCUT2D eigenvalue weighted by molar-refractivity contribution is 7.92. The third-order valence-corrected chi connectivity index (χ3v) is 5.73. The third-order valence-electron chi connectivity index (χ3n) is 4.33. The fourth-order valence-electron chi connectivity index (χ4n) is 2.68. The molecule has 0 saturated heterocycles. The van der Waals surface area contributed by atoms with E-state index in [0.717, 1.165) is 5.56 Å². The van der Waals surface area contributed by atoms with Crippen molar-refractivity contribution >= 4 is 27.5 Å². The van der Waals surface area contributed by atoms with E-state index >= 15 is 0 Å². The summed E-state index contributed by atoms with van der Waals surface area (Å²) in [6, 6.07) is 17.7. The first-order chi connectivity index (χ1) is 14.9. The summed E-state index contributed by atoms with van der Waals surface area (Å²) in [6.07, 6.45) is 3.45. The first kappa shape index (κ1) is 22.0. The van der Waals surface area contributed by atoms with E-state index in [1.807, 2.05) is 12.1 Å². The smallest absolute Gasteiger partial charge is 0.261 e. The summed E-state index contributed by atoms with van der Waals surface area (Å²) in [5, 5.41) is 5.45. The monoisotopic (exact) mass is 438 g/mol. The topological polar surface area (TPSA) is 117 Å². The summed E-state index contributed by atoms with van der Waals surface area (Å²) >= 11 is 0. The van der Waals surface area contributed by atoms with Crippen LogP contribution in [0.2, 0.25) is 0 Å². The van der Waals surface area contributed by atoms with Crippen molar-refractivity contribution in [1.82, 2.24) is 15.6 Å². The van der Waals surface area contributed by atoms with Gasteiger partial charge in [-0.05, 0) is 54.1 Å². The van der Waals surface area contributed by atoms with Gasteiger partial charge in [0.1, 0.15) is 0 Å². The molecule has 0 radical (unpaired) electrons. The van der Waals surface area contributed by atoms with Crippen LogP contribution in [-0.2, 0) is 21.4 Å². The zero-order valence-corrected chi connectivity index (χ0v) is 17.4. The van der Waals surface area contributed by atoms with Gasteiger partial charge < -0.3 is 10.6 Å². The number of sulfonamides is 1. The number of rotatable bonds is 9. The molecule has 0 aliphatic rings. The number of carbonyl (C=O) groups is 2. The molecule has 3 rings (SSSR count). The van der Waals surface area contributed by atoms with E-state index in [-0.39, 0.29) is 29.7 Å². The van der Waals surface area contributed by atoms with Gasteiger partial charge in [0.2, 0.25) is 5.91 Å². The lowest BCUT2D eigenvalue weighted by atomic mass is 10.2. The van der Waals surface area contributed by atoms with E-state index in [9.17, 15) is 18.0 Å². The molecule has 0 bridgehead atoms. The normalized spacial score (nSPS) is 10.8. The first-order valence-corrected chi connectivity index (χ1v) is 11.0. The quantitative estimate of drug-likeness (QED) is 0.474. The number of hydrogen-bond donors (Lipinski definition) is 3. The number of benzene rings is 2. The molecule has 0 aliphatic carbocycles. The van der Waals surface area contributed by atoms with Crippen molar-refractivity contribution in [3.05, 3.63) is 90.3 Å². The number of pyridine rings is 1. The van der Waals surface area contributed by atoms with Gasteiger partial charge in [0.05, 0.1) is 4.90 Å². The molecular formula is C22H22N4O4S. The molecule has 0 unspecified atom stereocenters. The second kappa shape index (κ2) is 10.4. The van der Waals surface area contributed by atoms with Gasteiger partial charge in [-0.1, -0.05) is 18.2 Å². The van der Waals surface area contributed by atoms with Gasteiger partial charge >= 0.3 is 0 Å². The Hall–Kier alpha value is -3.72. The summed E-state index contributed by atoms with van der Waals surface area (Å²) in [5.74, 6) is -0.526. The van der Waals surface area contributed by atoms with Gasteiger partial charge in [-0.25, -0.2) is 8.42 Å². The minimum atomic E-state index is -3.69. The Balaban J connectivity index is 1.45. The predicted octanol–water partition coefficient (Wildman–Crippen LogP) is 2.32. The Bertz CT molecular complexity index is 1120. The van der Waals surface area contributed by atoms with Crippen molar-refractivity contribution < 1.29 is 18.0 Å². The molecule has 2 aromatic carbocycles. The number of nitrogens with zero attached hydrogens (tertiary/aromatic N) is 1. The molecule has 0 fully saturated rings. The van der Waals surface area contributed by atoms with Crippen molar-refractivity contribution in [1.29, 1.82) is 0 Å². The number of nitrogens with one attached hydrogen (secondary N) is 3. The molecule has 8 nitrogen and oxygen atoms in total. The Morgan fingerprint density at radius 2 is 1.52 bits per heavy atom. The summed E-state index contributed by atoms with van der Waals surface area (Å²) in [6.45, 7) is 0.582. The minimum Gasteiger partial charge on any atom is -0.352 e. The largest absolute Gasteiger partial charge is 0.352 e. The summed E-state index contributed by atoms with van der Waals surface area (Å²) in [5.41, 5.74) is 1.64. The van der Waals surface area contributed by atoms with Gasteiger partial charge in [-0.15, -0.1) is 0 Å². The summed E-state index contributed by atoms with van der Waals surface area (Å²) in [4.78, 5) is 28.2. The molecule has 0 saturated carbocycles. The molecule has 160 valence electrons. The van der Waals surface area contributed by atoms with Gasteiger partial charge in [0.25, 0.3) is 15.9 Å². The standard InChI is InChI=1S/C22H22N4O4S/c27-21(25-16-17-10-13-23-14-11-17)12-15-24-22(28)18-6-8-19(9-7-18)26-31(29,30)20-4-2-1-3-5-20/h1-11,13-14,26H,12,15-16H2,(H,24,28)(H,25,27). The Kier molecular flexibility index (Phi) is 7.34. The van der Waals surface area contributed by atoms with Crippen LogP contribution in [0.25, 0.3) is 0 Å². The predicted molar refractivity (Wildman–Crippen MR) is 117 cm³/mol. The van der Waals surface area contributed by atoms with E-state index < -0.39 is 10.0 Å². The highest BCUT2D eigenvalue weighted by Crippen LogP contribution is 2.16. The van der Waals surface area contributed by atoms with E-state index in [2.05, 4.69) is 20.3 Å². The average Bonchev–Trinajstić information content (AvgIpc) is 2.79. The zero-order valence-electron chi connectivity index (χ0n) is 16.6. The van der Waals surface area contributed by atoms with Crippen molar-refractivity contribution in [2.24, 2.45) is 0 Å². The average molecular weight is 439 g/mol. The van der Waals surface area contributed by atoms with Gasteiger partial charge in [0, 0.05) is 43.2 Å². The second-order valence-electron chi connectivity index (χ2n) is 6.63. The van der Waals surface area contributed by atoms with Crippen molar-refractivity contribution in [2.75, 3.05) is 11.3 Å². The minimum absolute atomic E-state index is 0.145. The lowest BCUT2D eigenvalue weighted by molar-refractivity contribution is -0.121. The number of aromatic nitrogens is 1. The van der Waals surface area contributed by atoms with Crippen LogP contribution in [-0.4, -0.2) is 31.8 Å². The highest BCUT2D eigenvalue weighted by atomic mass is 32.2. The van der Waals surface area contributed by atoms with Crippen LogP contribution >= 0.6 is 0 Å². The van der Waals surface area contributed by atoms with Gasteiger partial charge in [0.15, 0.2) is 0 Å². The SMILES string of the molecule is O=C(CCNC(=O)c1ccc(NS(=O)(=O)c2ccccc2)cc1)NCc1ccncc1. The fourth-order valence-corrected chi connectivity index (χ4v) is 3.76. The van der Waals surface area contributed by atoms with E-state index in [0.29, 0.717) is 17.8 Å². The van der Waals surface area contributed by atoms with Crippen LogP contribution in [0.3, 0.4) is 0 Å². The van der Waals surface area contributed by atoms with Crippen molar-refractivity contribution in [3.63, 3.8) is 0 Å². The number of anilines is 1. The molecule has 31 heavy (non-hydrogen) atoms. The maximum absolute atomic E-state index is 12.3. The molecule has 3 aromatic rings.